The lowest BCUT2D eigenvalue weighted by molar-refractivity contribution is 0.669. The molecule has 41 heavy (non-hydrogen) atoms. The average molecular weight is 528 g/mol. The van der Waals surface area contributed by atoms with Gasteiger partial charge in [-0.1, -0.05) is 109 Å². The smallest absolute Gasteiger partial charge is 0.164 e. The number of rotatable bonds is 4. The van der Waals surface area contributed by atoms with Crippen LogP contribution in [0.1, 0.15) is 18.7 Å². The lowest BCUT2D eigenvalue weighted by Gasteiger charge is -2.14. The number of hydrogen-bond acceptors (Lipinski definition) is 4. The third-order valence-electron chi connectivity index (χ3n) is 7.78. The number of hydrogen-bond donors (Lipinski definition) is 0. The predicted molar refractivity (Wildman–Crippen MR) is 167 cm³/mol. The van der Waals surface area contributed by atoms with Crippen LogP contribution in [-0.4, -0.2) is 15.0 Å². The van der Waals surface area contributed by atoms with Crippen LogP contribution in [-0.2, 0) is 0 Å². The molecule has 0 fully saturated rings. The Labute approximate surface area is 237 Å². The van der Waals surface area contributed by atoms with E-state index in [2.05, 4.69) is 78.9 Å². The Morgan fingerprint density at radius 2 is 1.17 bits per heavy atom. The van der Waals surface area contributed by atoms with Crippen molar-refractivity contribution in [1.29, 1.82) is 0 Å². The molecule has 0 bridgehead atoms. The topological polar surface area (TPSA) is 51.8 Å². The Hall–Kier alpha value is -5.35. The molecule has 1 aliphatic carbocycles. The maximum absolute atomic E-state index is 6.21. The van der Waals surface area contributed by atoms with Gasteiger partial charge in [0.1, 0.15) is 11.2 Å². The van der Waals surface area contributed by atoms with E-state index in [9.17, 15) is 0 Å². The lowest BCUT2D eigenvalue weighted by Crippen LogP contribution is -2.03. The molecule has 0 atom stereocenters. The molecule has 0 unspecified atom stereocenters. The van der Waals surface area contributed by atoms with Gasteiger partial charge in [0, 0.05) is 27.5 Å². The van der Waals surface area contributed by atoms with Crippen molar-refractivity contribution in [3.63, 3.8) is 0 Å². The third-order valence-corrected chi connectivity index (χ3v) is 7.78. The molecule has 0 saturated heterocycles. The van der Waals surface area contributed by atoms with Crippen molar-refractivity contribution in [3.8, 4) is 33.9 Å². The van der Waals surface area contributed by atoms with Crippen LogP contribution in [0.3, 0.4) is 0 Å². The highest BCUT2D eigenvalue weighted by Crippen LogP contribution is 2.41. The standard InChI is InChI=1S/C37H25N3O/c1-3-12-24(13-4-1)35-38-36(25-14-5-2-6-15-25)40-37(39-35)30-23-22-28(26-16-7-8-17-27(26)30)29-19-11-21-33-34(29)31-18-9-10-20-32(31)41-33/h1,3-5,7-23H,2,6H2. The maximum atomic E-state index is 6.21. The number of furan rings is 1. The second kappa shape index (κ2) is 9.68. The minimum absolute atomic E-state index is 0.670. The van der Waals surface area contributed by atoms with E-state index in [0.29, 0.717) is 17.5 Å². The van der Waals surface area contributed by atoms with Crippen LogP contribution in [0.25, 0.3) is 72.2 Å². The molecule has 5 aromatic carbocycles. The first-order valence-electron chi connectivity index (χ1n) is 13.9. The summed E-state index contributed by atoms with van der Waals surface area (Å²) >= 11 is 0. The van der Waals surface area contributed by atoms with Gasteiger partial charge >= 0.3 is 0 Å². The molecule has 7 aromatic rings. The van der Waals surface area contributed by atoms with Crippen molar-refractivity contribution in [2.75, 3.05) is 0 Å². The summed E-state index contributed by atoms with van der Waals surface area (Å²) in [5.74, 6) is 2.05. The van der Waals surface area contributed by atoms with Gasteiger partial charge in [-0.2, -0.15) is 0 Å². The van der Waals surface area contributed by atoms with Crippen LogP contribution < -0.4 is 0 Å². The Morgan fingerprint density at radius 3 is 2.00 bits per heavy atom. The fraction of sp³-hybridized carbons (Fsp3) is 0.0541. The molecule has 0 radical (unpaired) electrons. The third kappa shape index (κ3) is 4.04. The van der Waals surface area contributed by atoms with Crippen LogP contribution in [0.4, 0.5) is 0 Å². The SMILES string of the molecule is C1=CC(c2nc(-c3ccccc3)nc(-c3ccc(-c4cccc5oc6ccccc6c45)c4ccccc34)n2)=CCC1. The van der Waals surface area contributed by atoms with E-state index in [4.69, 9.17) is 19.4 Å². The number of aromatic nitrogens is 3. The summed E-state index contributed by atoms with van der Waals surface area (Å²) < 4.78 is 6.21. The van der Waals surface area contributed by atoms with Gasteiger partial charge in [-0.3, -0.25) is 0 Å². The molecular weight excluding hydrogens is 502 g/mol. The van der Waals surface area contributed by atoms with E-state index in [1.807, 2.05) is 48.5 Å². The zero-order valence-electron chi connectivity index (χ0n) is 22.3. The molecule has 2 aromatic heterocycles. The zero-order valence-corrected chi connectivity index (χ0v) is 22.3. The highest BCUT2D eigenvalue weighted by atomic mass is 16.3. The van der Waals surface area contributed by atoms with Gasteiger partial charge in [0.2, 0.25) is 0 Å². The highest BCUT2D eigenvalue weighted by molar-refractivity contribution is 6.16. The van der Waals surface area contributed by atoms with Gasteiger partial charge in [0.15, 0.2) is 17.5 Å². The van der Waals surface area contributed by atoms with Gasteiger partial charge in [0.05, 0.1) is 0 Å². The van der Waals surface area contributed by atoms with Crippen molar-refractivity contribution in [1.82, 2.24) is 15.0 Å². The fourth-order valence-corrected chi connectivity index (χ4v) is 5.85. The summed E-state index contributed by atoms with van der Waals surface area (Å²) in [7, 11) is 0. The van der Waals surface area contributed by atoms with Crippen LogP contribution in [0, 0.1) is 0 Å². The Morgan fingerprint density at radius 1 is 0.488 bits per heavy atom. The Balaban J connectivity index is 1.36. The first-order chi connectivity index (χ1) is 20.3. The van der Waals surface area contributed by atoms with Gasteiger partial charge in [-0.05, 0) is 52.9 Å². The first kappa shape index (κ1) is 23.5. The molecule has 4 heteroatoms. The van der Waals surface area contributed by atoms with Gasteiger partial charge in [-0.15, -0.1) is 0 Å². The van der Waals surface area contributed by atoms with Crippen molar-refractivity contribution in [2.45, 2.75) is 12.8 Å². The minimum atomic E-state index is 0.670. The summed E-state index contributed by atoms with van der Waals surface area (Å²) in [5, 5.41) is 4.49. The second-order valence-corrected chi connectivity index (χ2v) is 10.3. The number of fused-ring (bicyclic) bond motifs is 4. The summed E-state index contributed by atoms with van der Waals surface area (Å²) in [5.41, 5.74) is 7.07. The molecule has 8 rings (SSSR count). The molecule has 0 spiro atoms. The van der Waals surface area contributed by atoms with Crippen LogP contribution in [0.5, 0.6) is 0 Å². The lowest BCUT2D eigenvalue weighted by atomic mass is 9.92. The van der Waals surface area contributed by atoms with Crippen molar-refractivity contribution < 1.29 is 4.42 Å². The van der Waals surface area contributed by atoms with Gasteiger partial charge in [-0.25, -0.2) is 15.0 Å². The summed E-state index contributed by atoms with van der Waals surface area (Å²) in [6, 6.07) is 37.5. The molecular formula is C37H25N3O. The Kier molecular flexibility index (Phi) is 5.56. The second-order valence-electron chi connectivity index (χ2n) is 10.3. The molecule has 0 saturated carbocycles. The molecule has 0 amide bonds. The zero-order chi connectivity index (χ0) is 27.2. The van der Waals surface area contributed by atoms with Crippen LogP contribution in [0.15, 0.2) is 132 Å². The van der Waals surface area contributed by atoms with Crippen molar-refractivity contribution in [3.05, 3.63) is 133 Å². The quantitative estimate of drug-likeness (QED) is 0.229. The number of allylic oxidation sites excluding steroid dienone is 4. The molecule has 0 N–H and O–H groups in total. The van der Waals surface area contributed by atoms with Crippen LogP contribution in [0.2, 0.25) is 0 Å². The first-order valence-corrected chi connectivity index (χ1v) is 13.9. The monoisotopic (exact) mass is 527 g/mol. The van der Waals surface area contributed by atoms with Crippen molar-refractivity contribution >= 4 is 38.3 Å². The van der Waals surface area contributed by atoms with Gasteiger partial charge in [0.25, 0.3) is 0 Å². The van der Waals surface area contributed by atoms with E-state index in [1.165, 1.54) is 0 Å². The van der Waals surface area contributed by atoms with Crippen molar-refractivity contribution in [2.24, 2.45) is 0 Å². The molecule has 0 aliphatic heterocycles. The van der Waals surface area contributed by atoms with E-state index in [1.54, 1.807) is 0 Å². The molecule has 194 valence electrons. The molecule has 4 nitrogen and oxygen atoms in total. The highest BCUT2D eigenvalue weighted by Gasteiger charge is 2.18. The minimum Gasteiger partial charge on any atom is -0.456 e. The number of benzene rings is 5. The summed E-state index contributed by atoms with van der Waals surface area (Å²) in [4.78, 5) is 14.9. The summed E-state index contributed by atoms with van der Waals surface area (Å²) in [6.07, 6.45) is 8.54. The maximum Gasteiger partial charge on any atom is 0.164 e. The van der Waals surface area contributed by atoms with E-state index in [-0.39, 0.29) is 0 Å². The summed E-state index contributed by atoms with van der Waals surface area (Å²) in [6.45, 7) is 0. The number of para-hydroxylation sites is 1. The Bertz CT molecular complexity index is 2160. The number of nitrogens with zero attached hydrogens (tertiary/aromatic N) is 3. The van der Waals surface area contributed by atoms with E-state index >= 15 is 0 Å². The molecule has 1 aliphatic rings. The van der Waals surface area contributed by atoms with Crippen LogP contribution >= 0.6 is 0 Å². The molecule has 2 heterocycles. The van der Waals surface area contributed by atoms with E-state index in [0.717, 1.165) is 73.4 Å². The fourth-order valence-electron chi connectivity index (χ4n) is 5.85. The largest absolute Gasteiger partial charge is 0.456 e. The predicted octanol–water partition coefficient (Wildman–Crippen LogP) is 9.66. The van der Waals surface area contributed by atoms with E-state index < -0.39 is 0 Å². The average Bonchev–Trinajstić information content (AvgIpc) is 3.44. The normalized spacial score (nSPS) is 13.2. The van der Waals surface area contributed by atoms with Gasteiger partial charge < -0.3 is 4.42 Å².